The molecule has 8 nitrogen and oxygen atoms in total. The van der Waals surface area contributed by atoms with Gasteiger partial charge in [0.1, 0.15) is 0 Å². The molecule has 2 fully saturated rings. The van der Waals surface area contributed by atoms with Crippen LogP contribution in [0.4, 0.5) is 0 Å². The van der Waals surface area contributed by atoms with Crippen LogP contribution in [0.25, 0.3) is 21.5 Å². The fraction of sp³-hybridized carbons (Fsp3) is 0.400. The van der Waals surface area contributed by atoms with E-state index in [1.54, 1.807) is 12.4 Å². The summed E-state index contributed by atoms with van der Waals surface area (Å²) >= 11 is 0. The van der Waals surface area contributed by atoms with E-state index in [2.05, 4.69) is 30.0 Å². The Balaban J connectivity index is 1.74. The van der Waals surface area contributed by atoms with Crippen LogP contribution in [0.15, 0.2) is 44.1 Å². The number of nitrogens with one attached hydrogen (secondary N) is 2. The van der Waals surface area contributed by atoms with Crippen molar-refractivity contribution in [1.29, 1.82) is 0 Å². The van der Waals surface area contributed by atoms with Gasteiger partial charge in [-0.2, -0.15) is 0 Å². The first-order valence-electron chi connectivity index (χ1n) is 9.70. The summed E-state index contributed by atoms with van der Waals surface area (Å²) in [7, 11) is 0. The summed E-state index contributed by atoms with van der Waals surface area (Å²) in [5, 5.41) is 8.27. The smallest absolute Gasteiger partial charge is 0.198 e. The third-order valence-corrected chi connectivity index (χ3v) is 5.39. The molecule has 0 radical (unpaired) electrons. The summed E-state index contributed by atoms with van der Waals surface area (Å²) in [4.78, 5) is 40.3. The van der Waals surface area contributed by atoms with Crippen molar-refractivity contribution in [2.45, 2.75) is 0 Å². The van der Waals surface area contributed by atoms with Gasteiger partial charge in [-0.3, -0.25) is 29.4 Å². The lowest BCUT2D eigenvalue weighted by atomic mass is 10.0. The molecule has 2 aliphatic heterocycles. The molecule has 0 bridgehead atoms. The van der Waals surface area contributed by atoms with E-state index >= 15 is 0 Å². The van der Waals surface area contributed by atoms with Crippen LogP contribution >= 0.6 is 0 Å². The number of H-pyrrole nitrogens is 2. The molecule has 0 saturated carbocycles. The minimum atomic E-state index is -0.177. The van der Waals surface area contributed by atoms with Gasteiger partial charge in [-0.25, -0.2) is 0 Å². The molecule has 8 heteroatoms. The molecule has 1 aromatic heterocycles. The normalized spacial score (nSPS) is 18.4. The monoisotopic (exact) mass is 378 g/mol. The fourth-order valence-electron chi connectivity index (χ4n) is 3.54. The van der Waals surface area contributed by atoms with E-state index in [1.165, 1.54) is 0 Å². The Morgan fingerprint density at radius 2 is 1.18 bits per heavy atom. The van der Waals surface area contributed by atoms with Crippen molar-refractivity contribution in [3.63, 3.8) is 0 Å². The van der Waals surface area contributed by atoms with Gasteiger partial charge < -0.3 is 10.2 Å². The molecule has 2 aliphatic rings. The summed E-state index contributed by atoms with van der Waals surface area (Å²) in [6.07, 6.45) is 3.09. The van der Waals surface area contributed by atoms with Gasteiger partial charge >= 0.3 is 0 Å². The van der Waals surface area contributed by atoms with Gasteiger partial charge in [0.2, 0.25) is 0 Å². The van der Waals surface area contributed by atoms with Crippen LogP contribution in [0.2, 0.25) is 0 Å². The van der Waals surface area contributed by atoms with Crippen molar-refractivity contribution in [3.05, 3.63) is 55.7 Å². The summed E-state index contributed by atoms with van der Waals surface area (Å²) in [5.74, 6) is 0. The molecule has 0 atom stereocenters. The predicted octanol–water partition coefficient (Wildman–Crippen LogP) is -0.760. The maximum absolute atomic E-state index is 13.2. The molecule has 0 spiro atoms. The highest BCUT2D eigenvalue weighted by Gasteiger charge is 2.17. The fourth-order valence-corrected chi connectivity index (χ4v) is 3.54. The van der Waals surface area contributed by atoms with Crippen molar-refractivity contribution in [2.24, 2.45) is 9.98 Å². The van der Waals surface area contributed by atoms with Crippen molar-refractivity contribution in [2.75, 3.05) is 52.4 Å². The lowest BCUT2D eigenvalue weighted by Crippen LogP contribution is -2.27. The Morgan fingerprint density at radius 1 is 0.750 bits per heavy atom. The summed E-state index contributed by atoms with van der Waals surface area (Å²) < 4.78 is 0. The lowest BCUT2D eigenvalue weighted by molar-refractivity contribution is 0.566. The first-order chi connectivity index (χ1) is 13.7. The number of benzene rings is 2. The van der Waals surface area contributed by atoms with E-state index in [4.69, 9.17) is 0 Å². The van der Waals surface area contributed by atoms with Crippen LogP contribution in [0.1, 0.15) is 0 Å². The largest absolute Gasteiger partial charge is 0.308 e. The molecule has 2 N–H and O–H groups in total. The van der Waals surface area contributed by atoms with Crippen LogP contribution in [0.3, 0.4) is 0 Å². The Hall–Kier alpha value is -2.84. The average Bonchev–Trinajstić information content (AvgIpc) is 3.62. The Kier molecular flexibility index (Phi) is 4.29. The number of nitrogens with zero attached hydrogens (tertiary/aromatic N) is 4. The molecule has 0 unspecified atom stereocenters. The van der Waals surface area contributed by atoms with Crippen LogP contribution in [-0.2, 0) is 0 Å². The highest BCUT2D eigenvalue weighted by Crippen LogP contribution is 2.07. The van der Waals surface area contributed by atoms with E-state index in [1.807, 2.05) is 12.1 Å². The van der Waals surface area contributed by atoms with Crippen molar-refractivity contribution in [1.82, 2.24) is 20.0 Å². The minimum absolute atomic E-state index is 0.177. The standard InChI is InChI=1S/C20H22N6O2/c27-19-13-11-23-24-12-14(13)20(28)18-16(22-4-6-26-9-10-26)2-1-15(17(18)19)21-3-5-25-7-8-25/h1-2,11-12,23-24H,3-10H2. The van der Waals surface area contributed by atoms with E-state index < -0.39 is 0 Å². The third-order valence-electron chi connectivity index (χ3n) is 5.39. The molecule has 3 aromatic rings. The first kappa shape index (κ1) is 17.3. The second-order valence-corrected chi connectivity index (χ2v) is 7.36. The van der Waals surface area contributed by atoms with Crippen molar-refractivity contribution >= 4 is 21.5 Å². The molecular weight excluding hydrogens is 356 g/mol. The van der Waals surface area contributed by atoms with Gasteiger partial charge in [0.25, 0.3) is 0 Å². The van der Waals surface area contributed by atoms with Crippen LogP contribution in [0, 0.1) is 0 Å². The van der Waals surface area contributed by atoms with E-state index in [0.29, 0.717) is 45.3 Å². The van der Waals surface area contributed by atoms with Gasteiger partial charge in [0.15, 0.2) is 10.9 Å². The molecule has 3 heterocycles. The number of hydrogen-bond acceptors (Lipinski definition) is 6. The van der Waals surface area contributed by atoms with Gasteiger partial charge in [0, 0.05) is 51.7 Å². The Morgan fingerprint density at radius 3 is 1.57 bits per heavy atom. The Bertz CT molecular complexity index is 1180. The molecule has 2 saturated heterocycles. The zero-order chi connectivity index (χ0) is 19.1. The van der Waals surface area contributed by atoms with E-state index in [0.717, 1.165) is 39.3 Å². The highest BCUT2D eigenvalue weighted by molar-refractivity contribution is 5.96. The molecular formula is C20H22N6O2. The maximum atomic E-state index is 13.2. The second-order valence-electron chi connectivity index (χ2n) is 7.36. The van der Waals surface area contributed by atoms with Crippen LogP contribution < -0.4 is 21.6 Å². The van der Waals surface area contributed by atoms with Gasteiger partial charge in [-0.05, 0) is 12.1 Å². The number of fused-ring (bicyclic) bond motifs is 2. The predicted molar refractivity (Wildman–Crippen MR) is 108 cm³/mol. The maximum Gasteiger partial charge on any atom is 0.198 e. The molecule has 144 valence electrons. The third kappa shape index (κ3) is 3.25. The van der Waals surface area contributed by atoms with E-state index in [-0.39, 0.29) is 10.9 Å². The van der Waals surface area contributed by atoms with Gasteiger partial charge in [0.05, 0.1) is 45.3 Å². The van der Waals surface area contributed by atoms with Crippen LogP contribution in [0.5, 0.6) is 0 Å². The zero-order valence-corrected chi connectivity index (χ0v) is 15.6. The topological polar surface area (TPSA) is 96.5 Å². The quantitative estimate of drug-likeness (QED) is 0.435. The zero-order valence-electron chi connectivity index (χ0n) is 15.6. The number of aromatic nitrogens is 2. The molecule has 5 rings (SSSR count). The highest BCUT2D eigenvalue weighted by atomic mass is 16.1. The van der Waals surface area contributed by atoms with Gasteiger partial charge in [-0.1, -0.05) is 0 Å². The minimum Gasteiger partial charge on any atom is -0.308 e. The first-order valence-corrected chi connectivity index (χ1v) is 9.70. The number of rotatable bonds is 6. The SMILES string of the molecule is O=c1c2c[nH][nH]cc2c(=O)c2c(=NCCN3CC3)ccc(=NCCN3CC3)c12. The van der Waals surface area contributed by atoms with Crippen LogP contribution in [-0.4, -0.2) is 72.4 Å². The summed E-state index contributed by atoms with van der Waals surface area (Å²) in [5.41, 5.74) is -0.355. The lowest BCUT2D eigenvalue weighted by Gasteiger charge is -2.03. The molecule has 2 aromatic carbocycles. The molecule has 28 heavy (non-hydrogen) atoms. The second kappa shape index (κ2) is 6.96. The van der Waals surface area contributed by atoms with Gasteiger partial charge in [-0.15, -0.1) is 0 Å². The summed E-state index contributed by atoms with van der Waals surface area (Å²) in [6.45, 7) is 7.41. The molecule has 0 aliphatic carbocycles. The van der Waals surface area contributed by atoms with Crippen molar-refractivity contribution in [3.8, 4) is 0 Å². The Labute approximate surface area is 160 Å². The average molecular weight is 378 g/mol. The number of hydrogen-bond donors (Lipinski definition) is 2. The number of aromatic amines is 2. The molecule has 0 amide bonds. The van der Waals surface area contributed by atoms with E-state index in [9.17, 15) is 9.59 Å². The van der Waals surface area contributed by atoms with Crippen molar-refractivity contribution < 1.29 is 0 Å². The summed E-state index contributed by atoms with van der Waals surface area (Å²) in [6, 6.07) is 3.65.